The largest absolute Gasteiger partial charge is 0.347 e. The van der Waals surface area contributed by atoms with Crippen LogP contribution < -0.4 is 10.9 Å². The number of rotatable bonds is 5. The van der Waals surface area contributed by atoms with Gasteiger partial charge in [-0.05, 0) is 23.8 Å². The molecule has 0 bridgehead atoms. The SMILES string of the molecule is CN(C)C(=O)Cn1c(C(=O)NCc2ccc(F)cc2)cccc1=O. The van der Waals surface area contributed by atoms with Gasteiger partial charge in [0.05, 0.1) is 0 Å². The molecule has 0 saturated heterocycles. The minimum Gasteiger partial charge on any atom is -0.347 e. The maximum Gasteiger partial charge on any atom is 0.268 e. The van der Waals surface area contributed by atoms with Crippen LogP contribution in [0.5, 0.6) is 0 Å². The lowest BCUT2D eigenvalue weighted by atomic mass is 10.2. The summed E-state index contributed by atoms with van der Waals surface area (Å²) in [5.41, 5.74) is 0.387. The van der Waals surface area contributed by atoms with Crippen molar-refractivity contribution in [3.63, 3.8) is 0 Å². The van der Waals surface area contributed by atoms with E-state index in [1.54, 1.807) is 26.2 Å². The topological polar surface area (TPSA) is 71.4 Å². The monoisotopic (exact) mass is 331 g/mol. The molecule has 2 aromatic rings. The van der Waals surface area contributed by atoms with E-state index in [2.05, 4.69) is 5.32 Å². The Morgan fingerprint density at radius 3 is 2.42 bits per heavy atom. The number of nitrogens with one attached hydrogen (secondary N) is 1. The van der Waals surface area contributed by atoms with E-state index in [-0.39, 0.29) is 30.5 Å². The maximum atomic E-state index is 12.9. The number of carbonyl (C=O) groups is 2. The van der Waals surface area contributed by atoms with Gasteiger partial charge in [-0.2, -0.15) is 0 Å². The summed E-state index contributed by atoms with van der Waals surface area (Å²) in [6.07, 6.45) is 0. The highest BCUT2D eigenvalue weighted by Crippen LogP contribution is 2.04. The number of likely N-dealkylation sites (N-methyl/N-ethyl adjacent to an activating group) is 1. The molecule has 7 heteroatoms. The molecule has 6 nitrogen and oxygen atoms in total. The standard InChI is InChI=1S/C17H18FN3O3/c1-20(2)16(23)11-21-14(4-3-5-15(21)22)17(24)19-10-12-6-8-13(18)9-7-12/h3-9H,10-11H2,1-2H3,(H,19,24). The number of aromatic nitrogens is 1. The van der Waals surface area contributed by atoms with E-state index in [0.29, 0.717) is 0 Å². The normalized spacial score (nSPS) is 10.3. The Balaban J connectivity index is 2.16. The first-order valence-electron chi connectivity index (χ1n) is 7.31. The molecule has 126 valence electrons. The van der Waals surface area contributed by atoms with Gasteiger partial charge in [-0.1, -0.05) is 18.2 Å². The lowest BCUT2D eigenvalue weighted by molar-refractivity contribution is -0.129. The average molecular weight is 331 g/mol. The summed E-state index contributed by atoms with van der Waals surface area (Å²) < 4.78 is 14.0. The molecule has 2 amide bonds. The van der Waals surface area contributed by atoms with Crippen LogP contribution in [0.4, 0.5) is 4.39 Å². The predicted octanol–water partition coefficient (Wildman–Crippen LogP) is 1.01. The fourth-order valence-electron chi connectivity index (χ4n) is 2.03. The Labute approximate surface area is 138 Å². The van der Waals surface area contributed by atoms with Crippen LogP contribution in [0.2, 0.25) is 0 Å². The second-order valence-electron chi connectivity index (χ2n) is 5.43. The highest BCUT2D eigenvalue weighted by molar-refractivity contribution is 5.93. The maximum absolute atomic E-state index is 12.9. The summed E-state index contributed by atoms with van der Waals surface area (Å²) in [6.45, 7) is -0.0319. The van der Waals surface area contributed by atoms with Crippen LogP contribution in [0.1, 0.15) is 16.1 Å². The van der Waals surface area contributed by atoms with E-state index < -0.39 is 11.5 Å². The minimum absolute atomic E-state index is 0.0970. The molecular formula is C17H18FN3O3. The Hall–Kier alpha value is -2.96. The zero-order chi connectivity index (χ0) is 17.7. The van der Waals surface area contributed by atoms with Crippen LogP contribution in [-0.4, -0.2) is 35.4 Å². The lowest BCUT2D eigenvalue weighted by Gasteiger charge is -2.15. The Morgan fingerprint density at radius 1 is 1.12 bits per heavy atom. The molecule has 0 aliphatic heterocycles. The van der Waals surface area contributed by atoms with Gasteiger partial charge < -0.3 is 10.2 Å². The van der Waals surface area contributed by atoms with Crippen molar-refractivity contribution >= 4 is 11.8 Å². The molecule has 0 aliphatic carbocycles. The van der Waals surface area contributed by atoms with Gasteiger partial charge in [0.1, 0.15) is 18.1 Å². The summed E-state index contributed by atoms with van der Waals surface area (Å²) >= 11 is 0. The highest BCUT2D eigenvalue weighted by Gasteiger charge is 2.15. The van der Waals surface area contributed by atoms with Gasteiger partial charge >= 0.3 is 0 Å². The molecule has 2 rings (SSSR count). The number of hydrogen-bond donors (Lipinski definition) is 1. The Bertz CT molecular complexity index is 797. The molecule has 0 radical (unpaired) electrons. The third kappa shape index (κ3) is 4.28. The first-order chi connectivity index (χ1) is 11.4. The third-order valence-corrected chi connectivity index (χ3v) is 3.44. The molecule has 0 atom stereocenters. The van der Waals surface area contributed by atoms with Crippen molar-refractivity contribution < 1.29 is 14.0 Å². The van der Waals surface area contributed by atoms with Crippen molar-refractivity contribution in [3.05, 3.63) is 69.9 Å². The zero-order valence-electron chi connectivity index (χ0n) is 13.5. The lowest BCUT2D eigenvalue weighted by Crippen LogP contribution is -2.36. The van der Waals surface area contributed by atoms with Crippen molar-refractivity contribution in [2.24, 2.45) is 0 Å². The molecule has 0 aliphatic rings. The molecule has 0 saturated carbocycles. The molecule has 0 unspecified atom stereocenters. The van der Waals surface area contributed by atoms with Gasteiger partial charge in [0.2, 0.25) is 5.91 Å². The number of pyridine rings is 1. The number of amides is 2. The van der Waals surface area contributed by atoms with E-state index in [0.717, 1.165) is 10.1 Å². The molecule has 0 spiro atoms. The third-order valence-electron chi connectivity index (χ3n) is 3.44. The molecule has 0 fully saturated rings. The number of benzene rings is 1. The van der Waals surface area contributed by atoms with E-state index in [1.165, 1.54) is 35.2 Å². The highest BCUT2D eigenvalue weighted by atomic mass is 19.1. The first kappa shape index (κ1) is 17.4. The van der Waals surface area contributed by atoms with Crippen molar-refractivity contribution in [3.8, 4) is 0 Å². The van der Waals surface area contributed by atoms with Crippen molar-refractivity contribution in [2.45, 2.75) is 13.1 Å². The fourth-order valence-corrected chi connectivity index (χ4v) is 2.03. The van der Waals surface area contributed by atoms with Crippen LogP contribution in [-0.2, 0) is 17.9 Å². The first-order valence-corrected chi connectivity index (χ1v) is 7.31. The molecule has 1 N–H and O–H groups in total. The average Bonchev–Trinajstić information content (AvgIpc) is 2.55. The van der Waals surface area contributed by atoms with Crippen molar-refractivity contribution in [2.75, 3.05) is 14.1 Å². The quantitative estimate of drug-likeness (QED) is 0.889. The predicted molar refractivity (Wildman–Crippen MR) is 87.0 cm³/mol. The van der Waals surface area contributed by atoms with Crippen LogP contribution in [0.3, 0.4) is 0 Å². The van der Waals surface area contributed by atoms with Crippen LogP contribution in [0, 0.1) is 5.82 Å². The van der Waals surface area contributed by atoms with E-state index in [4.69, 9.17) is 0 Å². The summed E-state index contributed by atoms with van der Waals surface area (Å²) in [7, 11) is 3.15. The Kier molecular flexibility index (Phi) is 5.47. The zero-order valence-corrected chi connectivity index (χ0v) is 13.5. The van der Waals surface area contributed by atoms with Gasteiger partial charge in [0, 0.05) is 26.7 Å². The summed E-state index contributed by atoms with van der Waals surface area (Å²) in [5, 5.41) is 2.66. The van der Waals surface area contributed by atoms with Gasteiger partial charge in [-0.3, -0.25) is 19.0 Å². The van der Waals surface area contributed by atoms with Gasteiger partial charge in [-0.25, -0.2) is 4.39 Å². The second kappa shape index (κ2) is 7.54. The minimum atomic E-state index is -0.483. The van der Waals surface area contributed by atoms with Gasteiger partial charge in [0.15, 0.2) is 0 Å². The van der Waals surface area contributed by atoms with Crippen LogP contribution >= 0.6 is 0 Å². The van der Waals surface area contributed by atoms with E-state index in [1.807, 2.05) is 0 Å². The summed E-state index contributed by atoms with van der Waals surface area (Å²) in [5.74, 6) is -1.14. The fraction of sp³-hybridized carbons (Fsp3) is 0.235. The van der Waals surface area contributed by atoms with Crippen LogP contribution in [0.15, 0.2) is 47.3 Å². The smallest absolute Gasteiger partial charge is 0.268 e. The number of nitrogens with zero attached hydrogens (tertiary/aromatic N) is 2. The second-order valence-corrected chi connectivity index (χ2v) is 5.43. The molecule has 1 aromatic heterocycles. The number of carbonyl (C=O) groups excluding carboxylic acids is 2. The van der Waals surface area contributed by atoms with E-state index >= 15 is 0 Å². The summed E-state index contributed by atoms with van der Waals surface area (Å²) in [4.78, 5) is 37.5. The van der Waals surface area contributed by atoms with Gasteiger partial charge in [-0.15, -0.1) is 0 Å². The summed E-state index contributed by atoms with van der Waals surface area (Å²) in [6, 6.07) is 9.95. The molecule has 1 heterocycles. The molecular weight excluding hydrogens is 313 g/mol. The van der Waals surface area contributed by atoms with Crippen molar-refractivity contribution in [1.82, 2.24) is 14.8 Å². The van der Waals surface area contributed by atoms with E-state index in [9.17, 15) is 18.8 Å². The number of halogens is 1. The van der Waals surface area contributed by atoms with Crippen LogP contribution in [0.25, 0.3) is 0 Å². The Morgan fingerprint density at radius 2 is 1.79 bits per heavy atom. The van der Waals surface area contributed by atoms with Crippen molar-refractivity contribution in [1.29, 1.82) is 0 Å². The molecule has 24 heavy (non-hydrogen) atoms. The number of hydrogen-bond acceptors (Lipinski definition) is 3. The van der Waals surface area contributed by atoms with Gasteiger partial charge in [0.25, 0.3) is 11.5 Å². The molecule has 1 aromatic carbocycles.